The number of hydrogen-bond donors (Lipinski definition) is 1. The number of hydrogen-bond acceptors (Lipinski definition) is 5. The van der Waals surface area contributed by atoms with Crippen molar-refractivity contribution in [3.63, 3.8) is 0 Å². The summed E-state index contributed by atoms with van der Waals surface area (Å²) in [6.07, 6.45) is 2.53. The van der Waals surface area contributed by atoms with Crippen LogP contribution in [0.4, 0.5) is 5.13 Å². The van der Waals surface area contributed by atoms with Gasteiger partial charge in [0, 0.05) is 16.3 Å². The highest BCUT2D eigenvalue weighted by atomic mass is 79.9. The summed E-state index contributed by atoms with van der Waals surface area (Å²) in [5.74, 6) is 0.928. The molecule has 0 radical (unpaired) electrons. The molecule has 3 nitrogen and oxygen atoms in total. The fourth-order valence-electron chi connectivity index (χ4n) is 1.50. The van der Waals surface area contributed by atoms with E-state index >= 15 is 0 Å². The predicted molar refractivity (Wildman–Crippen MR) is 80.3 cm³/mol. The van der Waals surface area contributed by atoms with Crippen LogP contribution in [0.15, 0.2) is 33.1 Å². The first-order chi connectivity index (χ1) is 8.79. The van der Waals surface area contributed by atoms with Crippen LogP contribution in [0.2, 0.25) is 0 Å². The Labute approximate surface area is 123 Å². The van der Waals surface area contributed by atoms with Crippen molar-refractivity contribution in [1.29, 1.82) is 0 Å². The molecular weight excluding hydrogens is 330 g/mol. The van der Waals surface area contributed by atoms with Crippen molar-refractivity contribution in [3.8, 4) is 0 Å². The Bertz CT molecular complexity index is 540. The highest BCUT2D eigenvalue weighted by Crippen LogP contribution is 2.31. The molecule has 1 N–H and O–H groups in total. The number of rotatable bonds is 5. The molecule has 0 amide bonds. The van der Waals surface area contributed by atoms with Gasteiger partial charge in [0.1, 0.15) is 0 Å². The van der Waals surface area contributed by atoms with Crippen molar-refractivity contribution >= 4 is 44.2 Å². The molecular formula is C12H12BrN3S2. The quantitative estimate of drug-likeness (QED) is 0.828. The van der Waals surface area contributed by atoms with Gasteiger partial charge in [0.25, 0.3) is 0 Å². The van der Waals surface area contributed by atoms with Gasteiger partial charge < -0.3 is 5.32 Å². The molecule has 1 saturated carbocycles. The minimum Gasteiger partial charge on any atom is -0.357 e. The van der Waals surface area contributed by atoms with Crippen molar-refractivity contribution in [2.24, 2.45) is 0 Å². The van der Waals surface area contributed by atoms with Crippen LogP contribution in [0, 0.1) is 0 Å². The maximum absolute atomic E-state index is 4.19. The van der Waals surface area contributed by atoms with E-state index in [1.54, 1.807) is 23.1 Å². The largest absolute Gasteiger partial charge is 0.357 e. The van der Waals surface area contributed by atoms with Gasteiger partial charge in [0.2, 0.25) is 5.13 Å². The second-order valence-corrected chi connectivity index (χ2v) is 7.33. The number of aromatic nitrogens is 2. The van der Waals surface area contributed by atoms with E-state index in [-0.39, 0.29) is 0 Å². The molecule has 2 aromatic rings. The molecule has 0 unspecified atom stereocenters. The molecule has 1 heterocycles. The normalized spacial score (nSPS) is 14.7. The molecule has 3 rings (SSSR count). The van der Waals surface area contributed by atoms with Crippen molar-refractivity contribution < 1.29 is 0 Å². The summed E-state index contributed by atoms with van der Waals surface area (Å²) in [6, 6.07) is 9.00. The molecule has 1 aromatic heterocycles. The number of anilines is 1. The highest BCUT2D eigenvalue weighted by Gasteiger charge is 2.22. The monoisotopic (exact) mass is 341 g/mol. The van der Waals surface area contributed by atoms with Crippen LogP contribution in [0.25, 0.3) is 0 Å². The standard InChI is InChI=1S/C12H12BrN3S2/c13-9-3-1-2-8(6-9)7-17-12-16-15-11(18-12)14-10-4-5-10/h1-3,6,10H,4-5,7H2,(H,14,15). The molecule has 1 fully saturated rings. The van der Waals surface area contributed by atoms with E-state index in [1.807, 2.05) is 6.07 Å². The minimum absolute atomic E-state index is 0.640. The number of nitrogens with one attached hydrogen (secondary N) is 1. The summed E-state index contributed by atoms with van der Waals surface area (Å²) in [6.45, 7) is 0. The lowest BCUT2D eigenvalue weighted by Crippen LogP contribution is -1.99. The van der Waals surface area contributed by atoms with Gasteiger partial charge in [0.15, 0.2) is 4.34 Å². The summed E-state index contributed by atoms with van der Waals surface area (Å²) < 4.78 is 2.15. The fourth-order valence-corrected chi connectivity index (χ4v) is 3.72. The van der Waals surface area contributed by atoms with Crippen molar-refractivity contribution in [2.75, 3.05) is 5.32 Å². The number of thioether (sulfide) groups is 1. The van der Waals surface area contributed by atoms with Crippen LogP contribution in [-0.4, -0.2) is 16.2 Å². The fraction of sp³-hybridized carbons (Fsp3) is 0.333. The van der Waals surface area contributed by atoms with Crippen LogP contribution in [0.3, 0.4) is 0 Å². The third-order valence-corrected chi connectivity index (χ3v) is 5.11. The second kappa shape index (κ2) is 5.59. The van der Waals surface area contributed by atoms with E-state index < -0.39 is 0 Å². The van der Waals surface area contributed by atoms with Crippen molar-refractivity contribution in [2.45, 2.75) is 29.0 Å². The smallest absolute Gasteiger partial charge is 0.206 e. The Hall–Kier alpha value is -0.590. The lowest BCUT2D eigenvalue weighted by molar-refractivity contribution is 0.994. The van der Waals surface area contributed by atoms with E-state index in [1.165, 1.54) is 18.4 Å². The lowest BCUT2D eigenvalue weighted by Gasteiger charge is -1.99. The Balaban J connectivity index is 1.57. The number of benzene rings is 1. The van der Waals surface area contributed by atoms with Crippen LogP contribution < -0.4 is 5.32 Å². The lowest BCUT2D eigenvalue weighted by atomic mass is 10.2. The first-order valence-electron chi connectivity index (χ1n) is 5.77. The second-order valence-electron chi connectivity index (χ2n) is 4.21. The third kappa shape index (κ3) is 3.46. The molecule has 1 aliphatic carbocycles. The third-order valence-electron chi connectivity index (χ3n) is 2.56. The van der Waals surface area contributed by atoms with E-state index in [4.69, 9.17) is 0 Å². The van der Waals surface area contributed by atoms with E-state index in [2.05, 4.69) is 49.6 Å². The molecule has 0 spiro atoms. The molecule has 0 saturated heterocycles. The minimum atomic E-state index is 0.640. The number of nitrogens with zero attached hydrogens (tertiary/aromatic N) is 2. The van der Waals surface area contributed by atoms with Crippen LogP contribution >= 0.6 is 39.0 Å². The first kappa shape index (κ1) is 12.4. The molecule has 0 atom stereocenters. The first-order valence-corrected chi connectivity index (χ1v) is 8.36. The van der Waals surface area contributed by atoms with Gasteiger partial charge in [-0.05, 0) is 30.5 Å². The average Bonchev–Trinajstić information content (AvgIpc) is 3.05. The molecule has 1 aromatic carbocycles. The maximum Gasteiger partial charge on any atom is 0.206 e. The zero-order valence-corrected chi connectivity index (χ0v) is 12.8. The van der Waals surface area contributed by atoms with Gasteiger partial charge in [0.05, 0.1) is 0 Å². The Morgan fingerprint density at radius 1 is 1.39 bits per heavy atom. The topological polar surface area (TPSA) is 37.8 Å². The summed E-state index contributed by atoms with van der Waals surface area (Å²) in [5.41, 5.74) is 1.29. The summed E-state index contributed by atoms with van der Waals surface area (Å²) in [4.78, 5) is 0. The summed E-state index contributed by atoms with van der Waals surface area (Å²) in [5, 5.41) is 12.7. The van der Waals surface area contributed by atoms with Crippen LogP contribution in [0.1, 0.15) is 18.4 Å². The van der Waals surface area contributed by atoms with Crippen molar-refractivity contribution in [1.82, 2.24) is 10.2 Å². The SMILES string of the molecule is Brc1cccc(CSc2nnc(NC3CC3)s2)c1. The average molecular weight is 342 g/mol. The van der Waals surface area contributed by atoms with Gasteiger partial charge in [-0.1, -0.05) is 51.2 Å². The Kier molecular flexibility index (Phi) is 3.86. The summed E-state index contributed by atoms with van der Waals surface area (Å²) in [7, 11) is 0. The zero-order chi connectivity index (χ0) is 12.4. The van der Waals surface area contributed by atoms with Gasteiger partial charge in [-0.3, -0.25) is 0 Å². The van der Waals surface area contributed by atoms with Gasteiger partial charge >= 0.3 is 0 Å². The van der Waals surface area contributed by atoms with E-state index in [0.29, 0.717) is 6.04 Å². The predicted octanol–water partition coefficient (Wildman–Crippen LogP) is 4.17. The summed E-state index contributed by atoms with van der Waals surface area (Å²) >= 11 is 6.86. The molecule has 94 valence electrons. The van der Waals surface area contributed by atoms with Gasteiger partial charge in [-0.25, -0.2) is 0 Å². The zero-order valence-electron chi connectivity index (χ0n) is 9.60. The Morgan fingerprint density at radius 2 is 2.28 bits per heavy atom. The van der Waals surface area contributed by atoms with Crippen LogP contribution in [0.5, 0.6) is 0 Å². The molecule has 6 heteroatoms. The van der Waals surface area contributed by atoms with Gasteiger partial charge in [-0.15, -0.1) is 10.2 Å². The van der Waals surface area contributed by atoms with E-state index in [0.717, 1.165) is 19.7 Å². The molecule has 0 bridgehead atoms. The molecule has 18 heavy (non-hydrogen) atoms. The molecule has 1 aliphatic rings. The van der Waals surface area contributed by atoms with Gasteiger partial charge in [-0.2, -0.15) is 0 Å². The Morgan fingerprint density at radius 3 is 3.06 bits per heavy atom. The number of halogens is 1. The van der Waals surface area contributed by atoms with Crippen molar-refractivity contribution in [3.05, 3.63) is 34.3 Å². The van der Waals surface area contributed by atoms with E-state index in [9.17, 15) is 0 Å². The maximum atomic E-state index is 4.19. The highest BCUT2D eigenvalue weighted by molar-refractivity contribution is 9.10. The van der Waals surface area contributed by atoms with Crippen LogP contribution in [-0.2, 0) is 5.75 Å². The molecule has 0 aliphatic heterocycles.